The number of β-amino-alcohol motifs (C(OH)–C–C–N with tert-alkyl or cyclic N) is 1. The maximum absolute atomic E-state index is 13.5. The van der Waals surface area contributed by atoms with Crippen LogP contribution < -0.4 is 4.74 Å². The fourth-order valence-electron chi connectivity index (χ4n) is 6.08. The van der Waals surface area contributed by atoms with E-state index in [1.54, 1.807) is 36.5 Å². The Hall–Kier alpha value is -3.18. The molecule has 1 amide bonds. The highest BCUT2D eigenvalue weighted by Gasteiger charge is 2.58. The van der Waals surface area contributed by atoms with Gasteiger partial charge in [-0.25, -0.2) is 9.78 Å². The van der Waals surface area contributed by atoms with Crippen molar-refractivity contribution < 1.29 is 37.3 Å². The Balaban J connectivity index is 1.10. The molecule has 2 aromatic rings. The molecule has 1 aromatic carbocycles. The molecule has 2 saturated heterocycles. The van der Waals surface area contributed by atoms with Gasteiger partial charge >= 0.3 is 12.1 Å². The number of pyridine rings is 1. The van der Waals surface area contributed by atoms with Crippen LogP contribution in [0.5, 0.6) is 5.88 Å². The standard InChI is InChI=1S/C30H36F3N3O5/c1-40-28(39)25-15-24(37)17-36(25)27(38)22-5-3-21(4-6-22)23-7-8-26(34-16-23)41-18-20-9-13-35(14-10-20)19-29(11-2-12-29)30(31,32)33/h3-8,16,20,24-25,37H,2,9-15,17-19H2,1H3. The van der Waals surface area contributed by atoms with E-state index in [2.05, 4.69) is 4.98 Å². The summed E-state index contributed by atoms with van der Waals surface area (Å²) in [5.74, 6) is -0.140. The zero-order chi connectivity index (χ0) is 29.2. The van der Waals surface area contributed by atoms with Gasteiger partial charge in [0.2, 0.25) is 5.88 Å². The van der Waals surface area contributed by atoms with E-state index in [0.29, 0.717) is 37.6 Å². The van der Waals surface area contributed by atoms with Crippen molar-refractivity contribution >= 4 is 11.9 Å². The van der Waals surface area contributed by atoms with Crippen LogP contribution in [-0.4, -0.2) is 90.0 Å². The topological polar surface area (TPSA) is 92.2 Å². The van der Waals surface area contributed by atoms with E-state index >= 15 is 0 Å². The van der Waals surface area contributed by atoms with E-state index in [0.717, 1.165) is 24.0 Å². The third-order valence-electron chi connectivity index (χ3n) is 8.83. The SMILES string of the molecule is COC(=O)C1CC(O)CN1C(=O)c1ccc(-c2ccc(OCC3CCN(CC4(C(F)(F)F)CCC4)CC3)nc2)cc1. The van der Waals surface area contributed by atoms with Gasteiger partial charge in [-0.2, -0.15) is 13.2 Å². The molecule has 8 nitrogen and oxygen atoms in total. The summed E-state index contributed by atoms with van der Waals surface area (Å²) in [6.07, 6.45) is -0.326. The zero-order valence-corrected chi connectivity index (χ0v) is 23.1. The van der Waals surface area contributed by atoms with Crippen molar-refractivity contribution in [2.75, 3.05) is 39.9 Å². The number of piperidine rings is 1. The van der Waals surface area contributed by atoms with Crippen LogP contribution in [0.2, 0.25) is 0 Å². The Morgan fingerprint density at radius 3 is 2.32 bits per heavy atom. The third-order valence-corrected chi connectivity index (χ3v) is 8.83. The van der Waals surface area contributed by atoms with Crippen molar-refractivity contribution in [3.8, 4) is 17.0 Å². The summed E-state index contributed by atoms with van der Waals surface area (Å²) in [7, 11) is 1.26. The molecule has 0 bridgehead atoms. The lowest BCUT2D eigenvalue weighted by molar-refractivity contribution is -0.256. The highest BCUT2D eigenvalue weighted by Crippen LogP contribution is 2.53. The molecule has 5 rings (SSSR count). The number of alkyl halides is 3. The van der Waals surface area contributed by atoms with Crippen LogP contribution in [0.1, 0.15) is 48.9 Å². The van der Waals surface area contributed by atoms with Gasteiger partial charge in [-0.05, 0) is 68.5 Å². The zero-order valence-electron chi connectivity index (χ0n) is 23.1. The van der Waals surface area contributed by atoms with E-state index < -0.39 is 29.7 Å². The Morgan fingerprint density at radius 1 is 1.07 bits per heavy atom. The second-order valence-electron chi connectivity index (χ2n) is 11.5. The van der Waals surface area contributed by atoms with E-state index in [1.807, 2.05) is 11.0 Å². The van der Waals surface area contributed by atoms with Gasteiger partial charge in [0.05, 0.1) is 25.2 Å². The predicted molar refractivity (Wildman–Crippen MR) is 144 cm³/mol. The van der Waals surface area contributed by atoms with Crippen molar-refractivity contribution in [1.82, 2.24) is 14.8 Å². The maximum atomic E-state index is 13.5. The highest BCUT2D eigenvalue weighted by molar-refractivity contribution is 5.97. The molecule has 0 radical (unpaired) electrons. The summed E-state index contributed by atoms with van der Waals surface area (Å²) in [6, 6.07) is 9.79. The normalized spacial score (nSPS) is 23.2. The summed E-state index contributed by atoms with van der Waals surface area (Å²) in [6.45, 7) is 1.96. The molecular weight excluding hydrogens is 539 g/mol. The molecule has 1 saturated carbocycles. The number of benzene rings is 1. The van der Waals surface area contributed by atoms with Crippen LogP contribution in [0.25, 0.3) is 11.1 Å². The minimum atomic E-state index is -4.13. The van der Waals surface area contributed by atoms with Gasteiger partial charge in [0.15, 0.2) is 0 Å². The molecule has 222 valence electrons. The van der Waals surface area contributed by atoms with Crippen LogP contribution in [0.15, 0.2) is 42.6 Å². The molecule has 11 heteroatoms. The van der Waals surface area contributed by atoms with Crippen LogP contribution in [0, 0.1) is 11.3 Å². The van der Waals surface area contributed by atoms with E-state index in [1.165, 1.54) is 12.0 Å². The minimum absolute atomic E-state index is 0.0730. The Labute approximate surface area is 237 Å². The average Bonchev–Trinajstić information content (AvgIpc) is 3.35. The van der Waals surface area contributed by atoms with E-state index in [-0.39, 0.29) is 44.2 Å². The number of likely N-dealkylation sites (tertiary alicyclic amines) is 2. The van der Waals surface area contributed by atoms with Crippen molar-refractivity contribution in [3.05, 3.63) is 48.2 Å². The number of hydrogen-bond acceptors (Lipinski definition) is 7. The number of aromatic nitrogens is 1. The van der Waals surface area contributed by atoms with Crippen LogP contribution >= 0.6 is 0 Å². The number of methoxy groups -OCH3 is 1. The largest absolute Gasteiger partial charge is 0.477 e. The lowest BCUT2D eigenvalue weighted by atomic mass is 9.67. The van der Waals surface area contributed by atoms with Crippen molar-refractivity contribution in [3.63, 3.8) is 0 Å². The van der Waals surface area contributed by atoms with Crippen LogP contribution in [0.4, 0.5) is 13.2 Å². The summed E-state index contributed by atoms with van der Waals surface area (Å²) >= 11 is 0. The number of aliphatic hydroxyl groups is 1. The van der Waals surface area contributed by atoms with Gasteiger partial charge in [-0.1, -0.05) is 18.6 Å². The smallest absolute Gasteiger partial charge is 0.395 e. The number of carbonyl (C=O) groups excluding carboxylic acids is 2. The molecule has 1 N–H and O–H groups in total. The van der Waals surface area contributed by atoms with Gasteiger partial charge in [0, 0.05) is 42.9 Å². The summed E-state index contributed by atoms with van der Waals surface area (Å²) in [4.78, 5) is 32.7. The second-order valence-corrected chi connectivity index (χ2v) is 11.5. The first-order valence-electron chi connectivity index (χ1n) is 14.1. The first kappa shape index (κ1) is 29.3. The lowest BCUT2D eigenvalue weighted by Gasteiger charge is -2.47. The van der Waals surface area contributed by atoms with E-state index in [9.17, 15) is 27.9 Å². The molecule has 3 heterocycles. The van der Waals surface area contributed by atoms with Crippen molar-refractivity contribution in [2.24, 2.45) is 11.3 Å². The fourth-order valence-corrected chi connectivity index (χ4v) is 6.08. The number of esters is 1. The monoisotopic (exact) mass is 575 g/mol. The van der Waals surface area contributed by atoms with Crippen molar-refractivity contribution in [1.29, 1.82) is 0 Å². The molecule has 2 unspecified atom stereocenters. The molecule has 41 heavy (non-hydrogen) atoms. The molecule has 3 aliphatic rings. The number of rotatable bonds is 8. The number of aliphatic hydroxyl groups excluding tert-OH is 1. The van der Waals surface area contributed by atoms with Gasteiger partial charge in [0.25, 0.3) is 5.91 Å². The maximum Gasteiger partial charge on any atom is 0.395 e. The van der Waals surface area contributed by atoms with Crippen molar-refractivity contribution in [2.45, 2.75) is 56.8 Å². The quantitative estimate of drug-likeness (QED) is 0.469. The number of hydrogen-bond donors (Lipinski definition) is 1. The predicted octanol–water partition coefficient (Wildman–Crippen LogP) is 4.32. The minimum Gasteiger partial charge on any atom is -0.477 e. The van der Waals surface area contributed by atoms with Crippen LogP contribution in [0.3, 0.4) is 0 Å². The molecule has 2 aliphatic heterocycles. The first-order chi connectivity index (χ1) is 19.6. The van der Waals surface area contributed by atoms with Gasteiger partial charge in [-0.15, -0.1) is 0 Å². The number of nitrogens with zero attached hydrogens (tertiary/aromatic N) is 3. The number of amides is 1. The summed E-state index contributed by atoms with van der Waals surface area (Å²) in [5.41, 5.74) is 0.574. The number of ether oxygens (including phenoxy) is 2. The Morgan fingerprint density at radius 2 is 1.76 bits per heavy atom. The Bertz CT molecular complexity index is 1210. The van der Waals surface area contributed by atoms with E-state index in [4.69, 9.17) is 9.47 Å². The van der Waals surface area contributed by atoms with Gasteiger partial charge in [-0.3, -0.25) is 4.79 Å². The molecule has 1 aromatic heterocycles. The molecule has 0 spiro atoms. The second kappa shape index (κ2) is 12.0. The first-order valence-corrected chi connectivity index (χ1v) is 14.1. The molecular formula is C30H36F3N3O5. The number of halogens is 3. The molecule has 3 fully saturated rings. The lowest BCUT2D eigenvalue weighted by Crippen LogP contribution is -2.53. The summed E-state index contributed by atoms with van der Waals surface area (Å²) < 4.78 is 51.2. The average molecular weight is 576 g/mol. The third kappa shape index (κ3) is 6.35. The Kier molecular flexibility index (Phi) is 8.56. The van der Waals surface area contributed by atoms with Gasteiger partial charge < -0.3 is 24.4 Å². The fraction of sp³-hybridized carbons (Fsp3) is 0.567. The van der Waals surface area contributed by atoms with Crippen LogP contribution in [-0.2, 0) is 9.53 Å². The van der Waals surface area contributed by atoms with Gasteiger partial charge in [0.1, 0.15) is 6.04 Å². The molecule has 2 atom stereocenters. The summed E-state index contributed by atoms with van der Waals surface area (Å²) in [5, 5.41) is 9.96. The number of carbonyl (C=O) groups is 2. The molecule has 1 aliphatic carbocycles. The highest BCUT2D eigenvalue weighted by atomic mass is 19.4.